The minimum atomic E-state index is -0.747. The molecule has 3 rings (SSSR count). The van der Waals surface area contributed by atoms with Crippen molar-refractivity contribution in [2.45, 2.75) is 12.7 Å². The first-order chi connectivity index (χ1) is 12.6. The fourth-order valence-corrected chi connectivity index (χ4v) is 2.56. The van der Waals surface area contributed by atoms with Crippen molar-refractivity contribution in [1.82, 2.24) is 0 Å². The molecule has 0 bridgehead atoms. The largest absolute Gasteiger partial charge is 0.496 e. The number of hydrogen-bond acceptors (Lipinski definition) is 7. The Morgan fingerprint density at radius 3 is 2.58 bits per heavy atom. The molecule has 26 heavy (non-hydrogen) atoms. The molecule has 1 saturated heterocycles. The molecule has 2 aromatic rings. The molecule has 0 radical (unpaired) electrons. The Balaban J connectivity index is 1.87. The van der Waals surface area contributed by atoms with Crippen LogP contribution in [0.15, 0.2) is 42.5 Å². The highest BCUT2D eigenvalue weighted by atomic mass is 16.7. The summed E-state index contributed by atoms with van der Waals surface area (Å²) in [4.78, 5) is 23.2. The number of para-hydroxylation sites is 1. The van der Waals surface area contributed by atoms with Crippen molar-refractivity contribution in [3.8, 4) is 11.5 Å². The van der Waals surface area contributed by atoms with Gasteiger partial charge in [0.05, 0.1) is 25.2 Å². The summed E-state index contributed by atoms with van der Waals surface area (Å²) in [6.07, 6.45) is 0.106. The average molecular weight is 359 g/mol. The van der Waals surface area contributed by atoms with E-state index in [-0.39, 0.29) is 17.0 Å². The van der Waals surface area contributed by atoms with E-state index in [2.05, 4.69) is 0 Å². The third-order valence-electron chi connectivity index (χ3n) is 3.81. The van der Waals surface area contributed by atoms with Crippen LogP contribution in [0.5, 0.6) is 11.5 Å². The third-order valence-corrected chi connectivity index (χ3v) is 3.81. The third kappa shape index (κ3) is 3.81. The fraction of sp³-hybridized carbons (Fsp3) is 0.278. The number of benzene rings is 2. The number of rotatable bonds is 5. The zero-order valence-electron chi connectivity index (χ0n) is 14.0. The second kappa shape index (κ2) is 7.94. The van der Waals surface area contributed by atoms with Crippen molar-refractivity contribution in [1.29, 1.82) is 0 Å². The van der Waals surface area contributed by atoms with E-state index in [1.807, 2.05) is 0 Å². The Kier molecular flexibility index (Phi) is 5.45. The summed E-state index contributed by atoms with van der Waals surface area (Å²) in [5.74, 6) is -0.588. The number of carbonyl (C=O) groups is 1. The highest BCUT2D eigenvalue weighted by Gasteiger charge is 2.25. The summed E-state index contributed by atoms with van der Waals surface area (Å²) in [6.45, 7) is 1.03. The van der Waals surface area contributed by atoms with Gasteiger partial charge < -0.3 is 18.9 Å². The topological polar surface area (TPSA) is 97.1 Å². The Hall–Kier alpha value is -2.97. The molecule has 1 fully saturated rings. The molecule has 0 N–H and O–H groups in total. The molecule has 8 nitrogen and oxygen atoms in total. The van der Waals surface area contributed by atoms with Gasteiger partial charge in [0.1, 0.15) is 11.3 Å². The minimum absolute atomic E-state index is 0.162. The molecular formula is C18H17NO7. The van der Waals surface area contributed by atoms with Crippen LogP contribution in [0.2, 0.25) is 0 Å². The lowest BCUT2D eigenvalue weighted by atomic mass is 10.1. The maximum atomic E-state index is 12.4. The van der Waals surface area contributed by atoms with Gasteiger partial charge in [-0.2, -0.15) is 0 Å². The van der Waals surface area contributed by atoms with E-state index >= 15 is 0 Å². The molecule has 136 valence electrons. The van der Waals surface area contributed by atoms with Crippen LogP contribution in [0, 0.1) is 10.1 Å². The zero-order valence-corrected chi connectivity index (χ0v) is 14.0. The van der Waals surface area contributed by atoms with Crippen LogP contribution >= 0.6 is 0 Å². The second-order valence-corrected chi connectivity index (χ2v) is 5.50. The molecular weight excluding hydrogens is 342 g/mol. The first-order valence-electron chi connectivity index (χ1n) is 7.97. The van der Waals surface area contributed by atoms with Crippen molar-refractivity contribution in [3.63, 3.8) is 0 Å². The van der Waals surface area contributed by atoms with Gasteiger partial charge in [0, 0.05) is 11.6 Å². The van der Waals surface area contributed by atoms with Gasteiger partial charge >= 0.3 is 11.7 Å². The Bertz CT molecular complexity index is 815. The van der Waals surface area contributed by atoms with Gasteiger partial charge in [0.15, 0.2) is 6.29 Å². The maximum absolute atomic E-state index is 12.4. The molecule has 0 saturated carbocycles. The van der Waals surface area contributed by atoms with Gasteiger partial charge in [0.25, 0.3) is 0 Å². The van der Waals surface area contributed by atoms with Crippen molar-refractivity contribution in [2.24, 2.45) is 0 Å². The van der Waals surface area contributed by atoms with Gasteiger partial charge in [-0.3, -0.25) is 10.1 Å². The van der Waals surface area contributed by atoms with E-state index in [1.165, 1.54) is 25.3 Å². The summed E-state index contributed by atoms with van der Waals surface area (Å²) in [7, 11) is 1.42. The lowest BCUT2D eigenvalue weighted by Gasteiger charge is -2.23. The maximum Gasteiger partial charge on any atom is 0.347 e. The van der Waals surface area contributed by atoms with Gasteiger partial charge in [-0.25, -0.2) is 4.79 Å². The van der Waals surface area contributed by atoms with Gasteiger partial charge in [0.2, 0.25) is 5.75 Å². The van der Waals surface area contributed by atoms with Gasteiger partial charge in [-0.15, -0.1) is 0 Å². The number of ether oxygens (including phenoxy) is 4. The summed E-state index contributed by atoms with van der Waals surface area (Å²) in [6, 6.07) is 10.7. The number of carbonyl (C=O) groups excluding carboxylic acids is 1. The first-order valence-corrected chi connectivity index (χ1v) is 7.97. The standard InChI is InChI=1S/C18H17NO7/c1-23-15-6-3-2-5-13(15)17(20)26-16-8-7-12(11-14(16)19(21)22)18-24-9-4-10-25-18/h2-3,5-8,11,18H,4,9-10H2,1H3. The summed E-state index contributed by atoms with van der Waals surface area (Å²) in [5, 5.41) is 11.4. The van der Waals surface area contributed by atoms with E-state index in [1.54, 1.807) is 24.3 Å². The van der Waals surface area contributed by atoms with Crippen LogP contribution < -0.4 is 9.47 Å². The SMILES string of the molecule is COc1ccccc1C(=O)Oc1ccc(C2OCCCO2)cc1[N+](=O)[O-]. The molecule has 0 unspecified atom stereocenters. The van der Waals surface area contributed by atoms with Crippen LogP contribution in [0.25, 0.3) is 0 Å². The Morgan fingerprint density at radius 2 is 1.88 bits per heavy atom. The lowest BCUT2D eigenvalue weighted by Crippen LogP contribution is -2.18. The lowest BCUT2D eigenvalue weighted by molar-refractivity contribution is -0.385. The van der Waals surface area contributed by atoms with Gasteiger partial charge in [-0.05, 0) is 30.7 Å². The highest BCUT2D eigenvalue weighted by Crippen LogP contribution is 2.33. The number of nitro benzene ring substituents is 1. The highest BCUT2D eigenvalue weighted by molar-refractivity contribution is 5.94. The first kappa shape index (κ1) is 17.8. The molecule has 0 aromatic heterocycles. The van der Waals surface area contributed by atoms with Gasteiger partial charge in [-0.1, -0.05) is 12.1 Å². The summed E-state index contributed by atoms with van der Waals surface area (Å²) in [5.41, 5.74) is 0.323. The zero-order chi connectivity index (χ0) is 18.5. The van der Waals surface area contributed by atoms with Crippen LogP contribution in [0.1, 0.15) is 28.6 Å². The molecule has 1 aliphatic rings. The summed E-state index contributed by atoms with van der Waals surface area (Å²) < 4.78 is 21.2. The van der Waals surface area contributed by atoms with E-state index in [0.29, 0.717) is 24.5 Å². The number of nitrogens with zero attached hydrogens (tertiary/aromatic N) is 1. The number of esters is 1. The monoisotopic (exact) mass is 359 g/mol. The molecule has 2 aromatic carbocycles. The van der Waals surface area contributed by atoms with Crippen LogP contribution in [0.3, 0.4) is 0 Å². The molecule has 0 amide bonds. The molecule has 8 heteroatoms. The van der Waals surface area contributed by atoms with E-state index in [4.69, 9.17) is 18.9 Å². The smallest absolute Gasteiger partial charge is 0.347 e. The number of hydrogen-bond donors (Lipinski definition) is 0. The second-order valence-electron chi connectivity index (χ2n) is 5.50. The molecule has 1 aliphatic heterocycles. The van der Waals surface area contributed by atoms with Crippen LogP contribution in [-0.2, 0) is 9.47 Å². The quantitative estimate of drug-likeness (QED) is 0.350. The number of nitro groups is 1. The average Bonchev–Trinajstić information content (AvgIpc) is 2.68. The molecule has 0 spiro atoms. The summed E-state index contributed by atoms with van der Waals surface area (Å²) >= 11 is 0. The predicted molar refractivity (Wildman–Crippen MR) is 90.3 cm³/mol. The van der Waals surface area contributed by atoms with Crippen LogP contribution in [-0.4, -0.2) is 31.2 Å². The Morgan fingerprint density at radius 1 is 1.15 bits per heavy atom. The minimum Gasteiger partial charge on any atom is -0.496 e. The van der Waals surface area contributed by atoms with Crippen LogP contribution in [0.4, 0.5) is 5.69 Å². The van der Waals surface area contributed by atoms with E-state index in [0.717, 1.165) is 6.42 Å². The van der Waals surface area contributed by atoms with Crippen molar-refractivity contribution in [2.75, 3.05) is 20.3 Å². The molecule has 1 heterocycles. The normalized spacial score (nSPS) is 14.7. The van der Waals surface area contributed by atoms with E-state index < -0.39 is 17.2 Å². The van der Waals surface area contributed by atoms with Crippen molar-refractivity contribution < 1.29 is 28.7 Å². The van der Waals surface area contributed by atoms with Crippen molar-refractivity contribution >= 4 is 11.7 Å². The molecule has 0 atom stereocenters. The number of methoxy groups -OCH3 is 1. The fourth-order valence-electron chi connectivity index (χ4n) is 2.56. The molecule has 0 aliphatic carbocycles. The van der Waals surface area contributed by atoms with Crippen molar-refractivity contribution in [3.05, 3.63) is 63.7 Å². The van der Waals surface area contributed by atoms with E-state index in [9.17, 15) is 14.9 Å². The Labute approximate surface area is 149 Å². The predicted octanol–water partition coefficient (Wildman–Crippen LogP) is 3.26.